The van der Waals surface area contributed by atoms with Crippen molar-refractivity contribution in [3.8, 4) is 6.07 Å². The molecule has 41 heavy (non-hydrogen) atoms. The molecule has 0 atom stereocenters. The van der Waals surface area contributed by atoms with Gasteiger partial charge in [-0.3, -0.25) is 4.90 Å². The molecule has 4 aromatic rings. The fourth-order valence-corrected chi connectivity index (χ4v) is 7.24. The monoisotopic (exact) mass is 592 g/mol. The van der Waals surface area contributed by atoms with E-state index in [4.69, 9.17) is 0 Å². The van der Waals surface area contributed by atoms with E-state index in [1.54, 1.807) is 12.1 Å². The summed E-state index contributed by atoms with van der Waals surface area (Å²) in [5, 5.41) is 10.7. The lowest BCUT2D eigenvalue weighted by Gasteiger charge is -2.54. The maximum atomic E-state index is 13.1. The fourth-order valence-electron chi connectivity index (χ4n) is 6.22. The van der Waals surface area contributed by atoms with Crippen LogP contribution in [0.5, 0.6) is 0 Å². The van der Waals surface area contributed by atoms with Gasteiger partial charge in [-0.25, -0.2) is 9.97 Å². The average molecular weight is 593 g/mol. The average Bonchev–Trinajstić information content (AvgIpc) is 3.43. The van der Waals surface area contributed by atoms with Gasteiger partial charge in [-0.05, 0) is 62.2 Å². The molecule has 2 saturated heterocycles. The SMILES string of the molecule is Cc1c(CN2CCC3(CC2)CN(c2ncnc4sc(CC(F)(F)F)cc24)C3)ccc2c1cc(C#N)n2CC(F)(F)F. The van der Waals surface area contributed by atoms with Crippen LogP contribution in [0.3, 0.4) is 0 Å². The number of aryl methyl sites for hydroxylation is 1. The smallest absolute Gasteiger partial charge is 0.355 e. The van der Waals surface area contributed by atoms with E-state index in [9.17, 15) is 31.6 Å². The summed E-state index contributed by atoms with van der Waals surface area (Å²) in [6.07, 6.45) is -6.34. The van der Waals surface area contributed by atoms with E-state index in [0.717, 1.165) is 66.1 Å². The molecule has 0 aliphatic carbocycles. The van der Waals surface area contributed by atoms with Gasteiger partial charge in [0.2, 0.25) is 0 Å². The Morgan fingerprint density at radius 2 is 1.73 bits per heavy atom. The lowest BCUT2D eigenvalue weighted by molar-refractivity contribution is -0.140. The van der Waals surface area contributed by atoms with Gasteiger partial charge in [0.25, 0.3) is 0 Å². The molecule has 2 aliphatic rings. The number of halogens is 6. The summed E-state index contributed by atoms with van der Waals surface area (Å²) in [5.41, 5.74) is 2.42. The van der Waals surface area contributed by atoms with Crippen LogP contribution in [0.15, 0.2) is 30.6 Å². The number of likely N-dealkylation sites (tertiary alicyclic amines) is 1. The van der Waals surface area contributed by atoms with Gasteiger partial charge in [-0.15, -0.1) is 11.3 Å². The highest BCUT2D eigenvalue weighted by Crippen LogP contribution is 2.45. The number of alkyl halides is 6. The number of fused-ring (bicyclic) bond motifs is 2. The first kappa shape index (κ1) is 27.8. The molecule has 0 radical (unpaired) electrons. The second kappa shape index (κ2) is 9.87. The maximum Gasteiger partial charge on any atom is 0.406 e. The summed E-state index contributed by atoms with van der Waals surface area (Å²) >= 11 is 1.05. The molecule has 6 rings (SSSR count). The molecule has 0 amide bonds. The van der Waals surface area contributed by atoms with E-state index in [1.165, 1.54) is 12.4 Å². The van der Waals surface area contributed by atoms with Crippen molar-refractivity contribution in [3.05, 3.63) is 52.3 Å². The standard InChI is InChI=1S/C28H26F6N6S/c1-17-18(2-3-23-21(17)8-19(11-35)40(23)15-28(32,33)34)12-38-6-4-26(5-7-38)13-39(14-26)24-22-9-20(10-27(29,30)31)41-25(22)37-16-36-24/h2-3,8-9,16H,4-7,10,12-15H2,1H3. The topological polar surface area (TPSA) is 61.0 Å². The molecule has 0 N–H and O–H groups in total. The van der Waals surface area contributed by atoms with Crippen molar-refractivity contribution >= 4 is 38.3 Å². The van der Waals surface area contributed by atoms with Gasteiger partial charge in [-0.1, -0.05) is 6.07 Å². The lowest BCUT2D eigenvalue weighted by Crippen LogP contribution is -2.60. The van der Waals surface area contributed by atoms with Crippen LogP contribution in [0.4, 0.5) is 32.2 Å². The van der Waals surface area contributed by atoms with Crippen molar-refractivity contribution in [2.75, 3.05) is 31.1 Å². The van der Waals surface area contributed by atoms with Gasteiger partial charge in [0, 0.05) is 40.8 Å². The third-order valence-corrected chi connectivity index (χ3v) is 9.36. The van der Waals surface area contributed by atoms with Crippen LogP contribution >= 0.6 is 11.3 Å². The predicted octanol–water partition coefficient (Wildman–Crippen LogP) is 6.60. The zero-order valence-electron chi connectivity index (χ0n) is 22.1. The van der Waals surface area contributed by atoms with E-state index in [-0.39, 0.29) is 16.0 Å². The number of nitrogens with zero attached hydrogens (tertiary/aromatic N) is 6. The quantitative estimate of drug-likeness (QED) is 0.245. The van der Waals surface area contributed by atoms with E-state index in [2.05, 4.69) is 19.8 Å². The minimum Gasteiger partial charge on any atom is -0.355 e. The summed E-state index contributed by atoms with van der Waals surface area (Å²) in [6.45, 7) is 4.63. The summed E-state index contributed by atoms with van der Waals surface area (Å²) in [5.74, 6) is 0.686. The molecular formula is C28H26F6N6S. The van der Waals surface area contributed by atoms with Crippen molar-refractivity contribution in [1.29, 1.82) is 5.26 Å². The van der Waals surface area contributed by atoms with Crippen molar-refractivity contribution in [3.63, 3.8) is 0 Å². The van der Waals surface area contributed by atoms with E-state index in [0.29, 0.717) is 33.5 Å². The Kier molecular flexibility index (Phi) is 6.69. The number of thiophene rings is 1. The van der Waals surface area contributed by atoms with Crippen LogP contribution in [-0.2, 0) is 19.5 Å². The first-order chi connectivity index (χ1) is 19.3. The van der Waals surface area contributed by atoms with Crippen LogP contribution in [0.25, 0.3) is 21.1 Å². The Morgan fingerprint density at radius 1 is 1.00 bits per heavy atom. The maximum absolute atomic E-state index is 13.1. The molecule has 0 bridgehead atoms. The van der Waals surface area contributed by atoms with Crippen molar-refractivity contribution in [2.45, 2.75) is 51.6 Å². The first-order valence-electron chi connectivity index (χ1n) is 13.2. The third kappa shape index (κ3) is 5.47. The summed E-state index contributed by atoms with van der Waals surface area (Å²) in [7, 11) is 0. The molecule has 6 nitrogen and oxygen atoms in total. The van der Waals surface area contributed by atoms with Gasteiger partial charge in [0.05, 0.1) is 11.8 Å². The Morgan fingerprint density at radius 3 is 2.39 bits per heavy atom. The second-order valence-electron chi connectivity index (χ2n) is 11.2. The molecule has 0 unspecified atom stereocenters. The van der Waals surface area contributed by atoms with Crippen LogP contribution in [0.1, 0.15) is 34.5 Å². The molecule has 1 spiro atoms. The van der Waals surface area contributed by atoms with E-state index >= 15 is 0 Å². The van der Waals surface area contributed by atoms with Crippen LogP contribution in [0.2, 0.25) is 0 Å². The summed E-state index contributed by atoms with van der Waals surface area (Å²) < 4.78 is 79.0. The van der Waals surface area contributed by atoms with Gasteiger partial charge < -0.3 is 9.47 Å². The highest BCUT2D eigenvalue weighted by molar-refractivity contribution is 7.18. The number of rotatable bonds is 5. The van der Waals surface area contributed by atoms with Crippen molar-refractivity contribution in [1.82, 2.24) is 19.4 Å². The molecule has 2 fully saturated rings. The fraction of sp³-hybridized carbons (Fsp3) is 0.464. The number of hydrogen-bond donors (Lipinski definition) is 0. The molecule has 5 heterocycles. The van der Waals surface area contributed by atoms with Gasteiger partial charge in [0.1, 0.15) is 35.3 Å². The number of anilines is 1. The minimum absolute atomic E-state index is 0.00739. The number of benzene rings is 1. The highest BCUT2D eigenvalue weighted by atomic mass is 32.1. The zero-order valence-corrected chi connectivity index (χ0v) is 22.9. The highest BCUT2D eigenvalue weighted by Gasteiger charge is 2.46. The van der Waals surface area contributed by atoms with Crippen LogP contribution in [0, 0.1) is 23.7 Å². The molecule has 216 valence electrons. The number of aromatic nitrogens is 3. The number of nitriles is 1. The first-order valence-corrected chi connectivity index (χ1v) is 14.0. The van der Waals surface area contributed by atoms with E-state index < -0.39 is 25.3 Å². The second-order valence-corrected chi connectivity index (χ2v) is 12.3. The van der Waals surface area contributed by atoms with Crippen molar-refractivity contribution < 1.29 is 26.3 Å². The third-order valence-electron chi connectivity index (χ3n) is 8.32. The Balaban J connectivity index is 1.11. The molecule has 0 saturated carbocycles. The normalized spacial score (nSPS) is 17.9. The molecular weight excluding hydrogens is 566 g/mol. The zero-order chi connectivity index (χ0) is 29.2. The van der Waals surface area contributed by atoms with Gasteiger partial charge in [0.15, 0.2) is 0 Å². The van der Waals surface area contributed by atoms with E-state index in [1.807, 2.05) is 19.1 Å². The summed E-state index contributed by atoms with van der Waals surface area (Å²) in [4.78, 5) is 13.8. The van der Waals surface area contributed by atoms with Crippen LogP contribution < -0.4 is 4.90 Å². The Bertz CT molecular complexity index is 1650. The lowest BCUT2D eigenvalue weighted by atomic mass is 9.72. The molecule has 2 aliphatic heterocycles. The van der Waals surface area contributed by atoms with Gasteiger partial charge in [-0.2, -0.15) is 31.6 Å². The molecule has 1 aromatic carbocycles. The number of hydrogen-bond acceptors (Lipinski definition) is 6. The van der Waals surface area contributed by atoms with Crippen molar-refractivity contribution in [2.24, 2.45) is 5.41 Å². The number of piperidine rings is 1. The summed E-state index contributed by atoms with van der Waals surface area (Å²) in [6, 6.07) is 8.52. The van der Waals surface area contributed by atoms with Crippen LogP contribution in [-0.4, -0.2) is 58.0 Å². The Labute approximate surface area is 235 Å². The minimum atomic E-state index is -4.43. The predicted molar refractivity (Wildman–Crippen MR) is 144 cm³/mol. The largest absolute Gasteiger partial charge is 0.406 e. The molecule has 13 heteroatoms. The molecule has 3 aromatic heterocycles. The van der Waals surface area contributed by atoms with Gasteiger partial charge >= 0.3 is 12.4 Å². The Hall–Kier alpha value is -3.37.